The van der Waals surface area contributed by atoms with Gasteiger partial charge in [0, 0.05) is 22.4 Å². The van der Waals surface area contributed by atoms with E-state index in [9.17, 15) is 4.79 Å². The molecule has 0 radical (unpaired) electrons. The molecule has 4 rings (SSSR count). The van der Waals surface area contributed by atoms with Crippen molar-refractivity contribution in [2.45, 2.75) is 13.0 Å². The second-order valence-corrected chi connectivity index (χ2v) is 6.11. The number of hydrogen-bond donors (Lipinski definition) is 1. The van der Waals surface area contributed by atoms with Crippen molar-refractivity contribution in [2.24, 2.45) is 0 Å². The zero-order valence-electron chi connectivity index (χ0n) is 11.7. The quantitative estimate of drug-likeness (QED) is 0.725. The minimum absolute atomic E-state index is 0.136. The van der Waals surface area contributed by atoms with Gasteiger partial charge in [-0.05, 0) is 53.2 Å². The first kappa shape index (κ1) is 13.3. The fraction of sp³-hybridized carbons (Fsp3) is 0.125. The van der Waals surface area contributed by atoms with Gasteiger partial charge in [0.2, 0.25) is 0 Å². The molecule has 1 aliphatic rings. The molecule has 5 nitrogen and oxygen atoms in total. The molecule has 1 aromatic carbocycles. The molecule has 3 heterocycles. The van der Waals surface area contributed by atoms with Crippen LogP contribution >= 0.6 is 15.9 Å². The maximum atomic E-state index is 11.7. The summed E-state index contributed by atoms with van der Waals surface area (Å²) in [4.78, 5) is 16.3. The number of hydrogen-bond acceptors (Lipinski definition) is 3. The number of amides is 1. The number of nitrogens with one attached hydrogen (secondary N) is 1. The molecule has 0 fully saturated rings. The van der Waals surface area contributed by atoms with Crippen molar-refractivity contribution in [3.63, 3.8) is 0 Å². The molecule has 1 atom stereocenters. The Morgan fingerprint density at radius 1 is 1.27 bits per heavy atom. The summed E-state index contributed by atoms with van der Waals surface area (Å²) in [5, 5.41) is 2.86. The number of aromatic nitrogens is 2. The van der Waals surface area contributed by atoms with Crippen LogP contribution in [-0.2, 0) is 4.79 Å². The molecular weight excluding hydrogens is 346 g/mol. The van der Waals surface area contributed by atoms with E-state index in [4.69, 9.17) is 4.74 Å². The minimum Gasteiger partial charge on any atom is -0.479 e. The van der Waals surface area contributed by atoms with Crippen LogP contribution in [0.15, 0.2) is 47.2 Å². The van der Waals surface area contributed by atoms with Gasteiger partial charge in [-0.2, -0.15) is 0 Å². The fourth-order valence-electron chi connectivity index (χ4n) is 2.47. The van der Waals surface area contributed by atoms with Gasteiger partial charge < -0.3 is 14.5 Å². The Kier molecular flexibility index (Phi) is 2.94. The number of nitrogens with zero attached hydrogens (tertiary/aromatic N) is 2. The molecule has 0 bridgehead atoms. The molecule has 0 aliphatic carbocycles. The van der Waals surface area contributed by atoms with Crippen LogP contribution in [0.3, 0.4) is 0 Å². The third-order valence-corrected chi connectivity index (χ3v) is 4.09. The number of ether oxygens (including phenoxy) is 1. The first-order valence-electron chi connectivity index (χ1n) is 6.86. The van der Waals surface area contributed by atoms with Crippen LogP contribution in [0.1, 0.15) is 6.92 Å². The predicted molar refractivity (Wildman–Crippen MR) is 87.0 cm³/mol. The summed E-state index contributed by atoms with van der Waals surface area (Å²) in [6, 6.07) is 9.59. The van der Waals surface area contributed by atoms with E-state index in [0.29, 0.717) is 11.4 Å². The average Bonchev–Trinajstić information content (AvgIpc) is 2.91. The van der Waals surface area contributed by atoms with Crippen LogP contribution in [0.25, 0.3) is 16.9 Å². The molecule has 1 aliphatic heterocycles. The lowest BCUT2D eigenvalue weighted by Crippen LogP contribution is -2.34. The normalized spacial score (nSPS) is 17.0. The molecular formula is C16H12BrN3O2. The van der Waals surface area contributed by atoms with E-state index in [1.54, 1.807) is 6.92 Å². The zero-order chi connectivity index (χ0) is 15.3. The second kappa shape index (κ2) is 4.84. The number of carbonyl (C=O) groups excluding carboxylic acids is 1. The number of pyridine rings is 1. The number of rotatable bonds is 1. The number of imidazole rings is 1. The Bertz CT molecular complexity index is 904. The van der Waals surface area contributed by atoms with E-state index in [1.165, 1.54) is 0 Å². The van der Waals surface area contributed by atoms with E-state index < -0.39 is 6.10 Å². The standard InChI is InChI=1S/C16H12BrN3O2/c1-9-16(21)19-12-6-10(2-4-14(12)22-9)13-8-20-7-11(17)3-5-15(20)18-13/h2-9H,1H3,(H,19,21). The van der Waals surface area contributed by atoms with Crippen molar-refractivity contribution < 1.29 is 9.53 Å². The van der Waals surface area contributed by atoms with Crippen LogP contribution in [0.4, 0.5) is 5.69 Å². The minimum atomic E-state index is -0.467. The van der Waals surface area contributed by atoms with Gasteiger partial charge in [-0.15, -0.1) is 0 Å². The predicted octanol–water partition coefficient (Wildman–Crippen LogP) is 3.48. The number of anilines is 1. The van der Waals surface area contributed by atoms with Crippen LogP contribution in [0.5, 0.6) is 5.75 Å². The topological polar surface area (TPSA) is 55.6 Å². The van der Waals surface area contributed by atoms with Gasteiger partial charge in [0.1, 0.15) is 11.4 Å². The third-order valence-electron chi connectivity index (χ3n) is 3.62. The van der Waals surface area contributed by atoms with Gasteiger partial charge in [-0.25, -0.2) is 4.98 Å². The Balaban J connectivity index is 1.78. The smallest absolute Gasteiger partial charge is 0.265 e. The highest BCUT2D eigenvalue weighted by Crippen LogP contribution is 2.33. The monoisotopic (exact) mass is 357 g/mol. The molecule has 2 aromatic heterocycles. The molecule has 22 heavy (non-hydrogen) atoms. The van der Waals surface area contributed by atoms with Crippen LogP contribution < -0.4 is 10.1 Å². The number of halogens is 1. The van der Waals surface area contributed by atoms with Crippen molar-refractivity contribution >= 4 is 33.2 Å². The summed E-state index contributed by atoms with van der Waals surface area (Å²) in [5.74, 6) is 0.547. The van der Waals surface area contributed by atoms with Crippen LogP contribution in [0.2, 0.25) is 0 Å². The van der Waals surface area contributed by atoms with Gasteiger partial charge in [-0.1, -0.05) is 0 Å². The summed E-state index contributed by atoms with van der Waals surface area (Å²) >= 11 is 3.45. The van der Waals surface area contributed by atoms with Gasteiger partial charge in [0.15, 0.2) is 6.10 Å². The highest BCUT2D eigenvalue weighted by atomic mass is 79.9. The lowest BCUT2D eigenvalue weighted by atomic mass is 10.1. The highest BCUT2D eigenvalue weighted by molar-refractivity contribution is 9.10. The maximum Gasteiger partial charge on any atom is 0.265 e. The first-order chi connectivity index (χ1) is 10.6. The highest BCUT2D eigenvalue weighted by Gasteiger charge is 2.23. The Hall–Kier alpha value is -2.34. The van der Waals surface area contributed by atoms with E-state index in [1.807, 2.05) is 47.1 Å². The SMILES string of the molecule is CC1Oc2ccc(-c3cn4cc(Br)ccc4n3)cc2NC1=O. The summed E-state index contributed by atoms with van der Waals surface area (Å²) in [5.41, 5.74) is 3.31. The molecule has 0 saturated heterocycles. The third kappa shape index (κ3) is 2.16. The van der Waals surface area contributed by atoms with Gasteiger partial charge >= 0.3 is 0 Å². The van der Waals surface area contributed by atoms with Crippen molar-refractivity contribution in [3.05, 3.63) is 47.2 Å². The van der Waals surface area contributed by atoms with Crippen LogP contribution in [-0.4, -0.2) is 21.4 Å². The second-order valence-electron chi connectivity index (χ2n) is 5.20. The Labute approximate surface area is 135 Å². The molecule has 110 valence electrons. The van der Waals surface area contributed by atoms with E-state index in [-0.39, 0.29) is 5.91 Å². The summed E-state index contributed by atoms with van der Waals surface area (Å²) in [6.45, 7) is 1.73. The molecule has 1 amide bonds. The Morgan fingerprint density at radius 3 is 3.00 bits per heavy atom. The lowest BCUT2D eigenvalue weighted by Gasteiger charge is -2.23. The largest absolute Gasteiger partial charge is 0.479 e. The first-order valence-corrected chi connectivity index (χ1v) is 7.66. The van der Waals surface area contributed by atoms with Crippen molar-refractivity contribution in [2.75, 3.05) is 5.32 Å². The molecule has 0 saturated carbocycles. The zero-order valence-corrected chi connectivity index (χ0v) is 13.3. The van der Waals surface area contributed by atoms with Gasteiger partial charge in [0.25, 0.3) is 5.91 Å². The molecule has 0 spiro atoms. The fourth-order valence-corrected chi connectivity index (χ4v) is 2.82. The molecule has 6 heteroatoms. The lowest BCUT2D eigenvalue weighted by molar-refractivity contribution is -0.122. The summed E-state index contributed by atoms with van der Waals surface area (Å²) < 4.78 is 8.51. The van der Waals surface area contributed by atoms with E-state index in [0.717, 1.165) is 21.4 Å². The number of benzene rings is 1. The van der Waals surface area contributed by atoms with Gasteiger partial charge in [0.05, 0.1) is 11.4 Å². The summed E-state index contributed by atoms with van der Waals surface area (Å²) in [7, 11) is 0. The van der Waals surface area contributed by atoms with E-state index in [2.05, 4.69) is 26.2 Å². The molecule has 1 unspecified atom stereocenters. The number of carbonyl (C=O) groups is 1. The van der Waals surface area contributed by atoms with Gasteiger partial charge in [-0.3, -0.25) is 4.79 Å². The summed E-state index contributed by atoms with van der Waals surface area (Å²) in [6.07, 6.45) is 3.44. The van der Waals surface area contributed by atoms with Crippen molar-refractivity contribution in [1.82, 2.24) is 9.38 Å². The molecule has 1 N–H and O–H groups in total. The van der Waals surface area contributed by atoms with Crippen molar-refractivity contribution in [3.8, 4) is 17.0 Å². The van der Waals surface area contributed by atoms with Crippen LogP contribution in [0, 0.1) is 0 Å². The maximum absolute atomic E-state index is 11.7. The molecule has 3 aromatic rings. The average molecular weight is 358 g/mol. The Morgan fingerprint density at radius 2 is 2.14 bits per heavy atom. The number of fused-ring (bicyclic) bond motifs is 2. The van der Waals surface area contributed by atoms with E-state index >= 15 is 0 Å². The van der Waals surface area contributed by atoms with Crippen molar-refractivity contribution in [1.29, 1.82) is 0 Å².